The summed E-state index contributed by atoms with van der Waals surface area (Å²) in [5.74, 6) is -22.5. The van der Waals surface area contributed by atoms with Crippen molar-refractivity contribution in [2.45, 2.75) is 61.9 Å². The maximum absolute atomic E-state index is 13.6. The fourth-order valence-corrected chi connectivity index (χ4v) is 6.76. The van der Waals surface area contributed by atoms with Crippen molar-refractivity contribution in [1.29, 1.82) is 0 Å². The van der Waals surface area contributed by atoms with Gasteiger partial charge in [0.1, 0.15) is 0 Å². The highest BCUT2D eigenvalue weighted by molar-refractivity contribution is 7.90. The van der Waals surface area contributed by atoms with E-state index in [4.69, 9.17) is 10.5 Å². The minimum Gasteiger partial charge on any atom is -0.633 e. The second kappa shape index (κ2) is 14.5. The van der Waals surface area contributed by atoms with Crippen LogP contribution in [0.25, 0.3) is 0 Å². The van der Waals surface area contributed by atoms with Gasteiger partial charge >= 0.3 is 34.2 Å². The zero-order chi connectivity index (χ0) is 36.3. The van der Waals surface area contributed by atoms with Crippen LogP contribution in [0, 0.1) is 5.21 Å². The first-order valence-corrected chi connectivity index (χ1v) is 15.5. The van der Waals surface area contributed by atoms with Gasteiger partial charge in [0.2, 0.25) is 0 Å². The van der Waals surface area contributed by atoms with Crippen LogP contribution in [0.2, 0.25) is 0 Å². The van der Waals surface area contributed by atoms with Crippen LogP contribution in [-0.4, -0.2) is 145 Å². The van der Waals surface area contributed by atoms with Crippen LogP contribution >= 0.6 is 0 Å². The Morgan fingerprint density at radius 3 is 1.16 bits per heavy atom. The number of nitrogens with zero attached hydrogens (tertiary/aromatic N) is 4. The normalized spacial score (nSPS) is 20.5. The number of hydrogen-bond acceptors (Lipinski definition) is 8. The van der Waals surface area contributed by atoms with Crippen LogP contribution in [0.4, 0.5) is 52.7 Å². The van der Waals surface area contributed by atoms with Crippen molar-refractivity contribution in [3.63, 3.8) is 0 Å². The lowest BCUT2D eigenvalue weighted by Crippen LogP contribution is -2.64. The predicted molar refractivity (Wildman–Crippen MR) is 133 cm³/mol. The first-order chi connectivity index (χ1) is 19.9. The lowest BCUT2D eigenvalue weighted by atomic mass is 10.2. The molecular formula is C20H34F12N4O7S2. The number of hydroxylamine groups is 3. The average Bonchev–Trinajstić information content (AvgIpc) is 2.93. The van der Waals surface area contributed by atoms with Gasteiger partial charge in [-0.05, 0) is 13.5 Å². The minimum absolute atomic E-state index is 0.0310. The van der Waals surface area contributed by atoms with E-state index in [2.05, 4.69) is 0 Å². The molecule has 0 aromatic heterocycles. The zero-order valence-electron chi connectivity index (χ0n) is 24.1. The van der Waals surface area contributed by atoms with Crippen LogP contribution in [0.15, 0.2) is 0 Å². The largest absolute Gasteiger partial charge is 0.633 e. The number of rotatable bonds is 10. The molecule has 2 N–H and O–H groups in total. The van der Waals surface area contributed by atoms with Crippen molar-refractivity contribution < 1.29 is 84.7 Å². The maximum atomic E-state index is 13.6. The molecule has 0 spiro atoms. The minimum atomic E-state index is -6.08. The van der Waals surface area contributed by atoms with Gasteiger partial charge in [0.05, 0.1) is 32.7 Å². The van der Waals surface area contributed by atoms with Crippen molar-refractivity contribution in [2.24, 2.45) is 0 Å². The van der Waals surface area contributed by atoms with Gasteiger partial charge in [-0.1, -0.05) is 6.92 Å². The molecule has 2 saturated heterocycles. The summed E-state index contributed by atoms with van der Waals surface area (Å²) in [7, 11) is -11.9. The third-order valence-electron chi connectivity index (χ3n) is 7.03. The summed E-state index contributed by atoms with van der Waals surface area (Å²) >= 11 is 0. The summed E-state index contributed by atoms with van der Waals surface area (Å²) in [6.45, 7) is -0.146. The molecule has 45 heavy (non-hydrogen) atoms. The first-order valence-electron chi connectivity index (χ1n) is 12.7. The molecule has 272 valence electrons. The van der Waals surface area contributed by atoms with E-state index in [0.29, 0.717) is 6.54 Å². The Morgan fingerprint density at radius 1 is 0.622 bits per heavy atom. The topological polar surface area (TPSA) is 142 Å². The lowest BCUT2D eigenvalue weighted by Gasteiger charge is -2.47. The third-order valence-corrected chi connectivity index (χ3v) is 10.9. The molecule has 0 unspecified atom stereocenters. The van der Waals surface area contributed by atoms with Gasteiger partial charge in [-0.15, -0.1) is 0 Å². The Morgan fingerprint density at radius 2 is 0.911 bits per heavy atom. The van der Waals surface area contributed by atoms with Crippen molar-refractivity contribution in [3.05, 3.63) is 5.21 Å². The molecule has 2 fully saturated rings. The molecule has 11 nitrogen and oxygen atoms in total. The number of alkyl halides is 12. The van der Waals surface area contributed by atoms with Crippen LogP contribution in [0.1, 0.15) is 27.7 Å². The highest BCUT2D eigenvalue weighted by atomic mass is 32.2. The zero-order valence-corrected chi connectivity index (χ0v) is 25.8. The summed E-state index contributed by atoms with van der Waals surface area (Å²) < 4.78 is 204. The number of piperazine rings is 2. The van der Waals surface area contributed by atoms with E-state index in [0.717, 1.165) is 0 Å². The van der Waals surface area contributed by atoms with E-state index in [1.54, 1.807) is 11.8 Å². The van der Waals surface area contributed by atoms with Crippen molar-refractivity contribution in [3.8, 4) is 0 Å². The van der Waals surface area contributed by atoms with Gasteiger partial charge < -0.3 is 14.8 Å². The predicted octanol–water partition coefficient (Wildman–Crippen LogP) is 3.70. The molecule has 0 atom stereocenters. The standard InChI is InChI=1S/C10H16F6N2O3S.C10H16F6N2O2S.H2O2/c1-3-18(19)6-4-17(5-7-18)22(20,21)10(15,16)9(13,14)8(2,11)12;1-3-17-4-6-18(7-5-17)21(19,20)10(15,16)9(13,14)8(2,11)12;1-2/h3-7H2,1-2H3;3-7H2,1-2H3;1-2H. The smallest absolute Gasteiger partial charge is 0.427 e. The van der Waals surface area contributed by atoms with Crippen molar-refractivity contribution in [1.82, 2.24) is 13.5 Å². The Kier molecular flexibility index (Phi) is 14.1. The van der Waals surface area contributed by atoms with Crippen LogP contribution in [-0.2, 0) is 20.0 Å². The van der Waals surface area contributed by atoms with Crippen LogP contribution in [0.3, 0.4) is 0 Å². The van der Waals surface area contributed by atoms with Gasteiger partial charge in [0.15, 0.2) is 0 Å². The molecule has 0 aliphatic carbocycles. The molecule has 2 rings (SSSR count). The number of hydrogen-bond donors (Lipinski definition) is 2. The molecule has 0 saturated carbocycles. The summed E-state index contributed by atoms with van der Waals surface area (Å²) in [6, 6.07) is 0. The fraction of sp³-hybridized carbons (Fsp3) is 1.00. The third kappa shape index (κ3) is 8.45. The van der Waals surface area contributed by atoms with Crippen molar-refractivity contribution in [2.75, 3.05) is 65.4 Å². The van der Waals surface area contributed by atoms with E-state index < -0.39 is 112 Å². The molecule has 0 aromatic rings. The number of halogens is 12. The van der Waals surface area contributed by atoms with Gasteiger partial charge in [-0.25, -0.2) is 16.8 Å². The summed E-state index contributed by atoms with van der Waals surface area (Å²) in [5.41, 5.74) is 0. The molecular weight excluding hydrogens is 700 g/mol. The summed E-state index contributed by atoms with van der Waals surface area (Å²) in [4.78, 5) is 1.72. The molecule has 2 heterocycles. The van der Waals surface area contributed by atoms with Gasteiger partial charge in [-0.2, -0.15) is 61.3 Å². The maximum Gasteiger partial charge on any atom is 0.427 e. The van der Waals surface area contributed by atoms with Gasteiger partial charge in [0, 0.05) is 40.0 Å². The Labute approximate surface area is 251 Å². The SMILES string of the molecule is CCN1CCN(S(=O)(=O)C(F)(F)C(F)(F)C(C)(F)F)CC1.CC[N+]1([O-])CCN(S(=O)(=O)C(F)(F)C(F)(F)C(C)(F)F)CC1.OO. The van der Waals surface area contributed by atoms with Crippen molar-refractivity contribution >= 4 is 20.0 Å². The summed E-state index contributed by atoms with van der Waals surface area (Å²) in [6.07, 6.45) is 0. The second-order valence-corrected chi connectivity index (χ2v) is 14.0. The van der Waals surface area contributed by atoms with E-state index in [-0.39, 0.29) is 28.2 Å². The molecule has 0 bridgehead atoms. The van der Waals surface area contributed by atoms with E-state index in [1.807, 2.05) is 0 Å². The lowest BCUT2D eigenvalue weighted by molar-refractivity contribution is -0.882. The Hall–Kier alpha value is -1.22. The quantitative estimate of drug-likeness (QED) is 0.114. The van der Waals surface area contributed by atoms with Crippen LogP contribution in [0.5, 0.6) is 0 Å². The Bertz CT molecular complexity index is 1170. The first kappa shape index (κ1) is 43.8. The highest BCUT2D eigenvalue weighted by Gasteiger charge is 2.77. The average molecular weight is 735 g/mol. The van der Waals surface area contributed by atoms with Crippen LogP contribution < -0.4 is 0 Å². The molecule has 0 radical (unpaired) electrons. The van der Waals surface area contributed by atoms with E-state index in [1.165, 1.54) is 6.92 Å². The monoisotopic (exact) mass is 734 g/mol. The number of quaternary nitrogens is 1. The molecule has 2 aliphatic rings. The summed E-state index contributed by atoms with van der Waals surface area (Å²) in [5, 5.41) is 12.0. The molecule has 0 amide bonds. The molecule has 2 aliphatic heterocycles. The fourth-order valence-electron chi connectivity index (χ4n) is 3.81. The van der Waals surface area contributed by atoms with E-state index >= 15 is 0 Å². The highest BCUT2D eigenvalue weighted by Crippen LogP contribution is 2.50. The van der Waals surface area contributed by atoms with Gasteiger partial charge in [-0.3, -0.25) is 10.5 Å². The van der Waals surface area contributed by atoms with Gasteiger partial charge in [0.25, 0.3) is 20.0 Å². The number of sulfonamides is 2. The Balaban J connectivity index is 0.000000816. The van der Waals surface area contributed by atoms with E-state index in [9.17, 15) is 74.7 Å². The number of likely N-dealkylation sites (N-methyl/N-ethyl adjacent to an activating group) is 2. The molecule has 25 heteroatoms. The second-order valence-electron chi connectivity index (χ2n) is 10.0. The molecule has 0 aromatic carbocycles.